The summed E-state index contributed by atoms with van der Waals surface area (Å²) in [6.45, 7) is 0.339. The molecule has 5 rings (SSSR count). The lowest BCUT2D eigenvalue weighted by atomic mass is 10.2. The van der Waals surface area contributed by atoms with Crippen molar-refractivity contribution in [1.82, 2.24) is 10.3 Å². The van der Waals surface area contributed by atoms with E-state index in [1.165, 1.54) is 24.3 Å². The van der Waals surface area contributed by atoms with E-state index in [1.807, 2.05) is 0 Å². The first-order chi connectivity index (χ1) is 15.0. The number of amides is 1. The average Bonchev–Trinajstić information content (AvgIpc) is 3.44. The number of nitrogens with one attached hydrogen (secondary N) is 1. The molecule has 2 aromatic carbocycles. The van der Waals surface area contributed by atoms with Gasteiger partial charge in [-0.15, -0.1) is 0 Å². The number of carbonyl (C=O) groups excluding carboxylic acids is 1. The fourth-order valence-electron chi connectivity index (χ4n) is 3.40. The number of hydrogen-bond donors (Lipinski definition) is 1. The molecule has 8 nitrogen and oxygen atoms in total. The van der Waals surface area contributed by atoms with Gasteiger partial charge in [-0.1, -0.05) is 12.1 Å². The number of pyridine rings is 1. The van der Waals surface area contributed by atoms with E-state index < -0.39 is 15.9 Å². The van der Waals surface area contributed by atoms with Gasteiger partial charge in [-0.05, 0) is 42.0 Å². The summed E-state index contributed by atoms with van der Waals surface area (Å²) in [5, 5.41) is 4.41. The van der Waals surface area contributed by atoms with Crippen LogP contribution in [0.3, 0.4) is 0 Å². The van der Waals surface area contributed by atoms with Gasteiger partial charge in [0.05, 0.1) is 15.1 Å². The van der Waals surface area contributed by atoms with Gasteiger partial charge in [0.25, 0.3) is 0 Å². The van der Waals surface area contributed by atoms with Gasteiger partial charge < -0.3 is 14.8 Å². The minimum absolute atomic E-state index is 0.0775. The van der Waals surface area contributed by atoms with E-state index in [-0.39, 0.29) is 29.0 Å². The maximum absolute atomic E-state index is 12.9. The Morgan fingerprint density at radius 3 is 2.61 bits per heavy atom. The number of aromatic nitrogens is 1. The van der Waals surface area contributed by atoms with Gasteiger partial charge in [-0.2, -0.15) is 0 Å². The summed E-state index contributed by atoms with van der Waals surface area (Å²) in [7, 11) is -3.70. The number of fused-ring (bicyclic) bond motifs is 2. The lowest BCUT2D eigenvalue weighted by molar-refractivity contribution is -0.121. The van der Waals surface area contributed by atoms with Crippen LogP contribution in [0.1, 0.15) is 5.56 Å². The Morgan fingerprint density at radius 2 is 1.81 bits per heavy atom. The van der Waals surface area contributed by atoms with E-state index in [4.69, 9.17) is 9.47 Å². The highest BCUT2D eigenvalue weighted by Crippen LogP contribution is 2.35. The Balaban J connectivity index is 1.27. The molecule has 0 bridgehead atoms. The molecule has 31 heavy (non-hydrogen) atoms. The molecule has 1 atom stereocenters. The monoisotopic (exact) mass is 435 g/mol. The van der Waals surface area contributed by atoms with Crippen LogP contribution in [-0.2, 0) is 21.2 Å². The normalized spacial score (nSPS) is 16.2. The molecule has 9 heteroatoms. The topological polar surface area (TPSA) is 107 Å². The lowest BCUT2D eigenvalue weighted by Crippen LogP contribution is -2.31. The molecular weight excluding hydrogens is 418 g/mol. The van der Waals surface area contributed by atoms with Crippen molar-refractivity contribution in [2.24, 2.45) is 4.99 Å². The molecule has 1 aromatic heterocycles. The van der Waals surface area contributed by atoms with E-state index in [0.29, 0.717) is 11.5 Å². The third kappa shape index (κ3) is 3.64. The number of carbonyl (C=O) groups is 1. The SMILES string of the molecule is O=C(NCc1ccc(S(=O)(=O)c2ccc3c(c2)OCO3)cc1)C1C=c2cnccc2=N1. The second-order valence-corrected chi connectivity index (χ2v) is 9.01. The Labute approximate surface area is 177 Å². The molecule has 1 amide bonds. The highest BCUT2D eigenvalue weighted by Gasteiger charge is 2.22. The van der Waals surface area contributed by atoms with Crippen molar-refractivity contribution in [2.75, 3.05) is 6.79 Å². The highest BCUT2D eigenvalue weighted by molar-refractivity contribution is 7.91. The fourth-order valence-corrected chi connectivity index (χ4v) is 4.67. The molecular formula is C22H17N3O5S. The molecule has 0 saturated heterocycles. The van der Waals surface area contributed by atoms with Crippen molar-refractivity contribution in [1.29, 1.82) is 0 Å². The first kappa shape index (κ1) is 19.3. The zero-order chi connectivity index (χ0) is 21.4. The van der Waals surface area contributed by atoms with Gasteiger partial charge in [0.1, 0.15) is 6.04 Å². The Hall–Kier alpha value is -3.72. The van der Waals surface area contributed by atoms with Crippen LogP contribution in [0, 0.1) is 0 Å². The molecule has 1 unspecified atom stereocenters. The Kier molecular flexibility index (Phi) is 4.67. The number of sulfone groups is 1. The smallest absolute Gasteiger partial charge is 0.249 e. The summed E-state index contributed by atoms with van der Waals surface area (Å²) < 4.78 is 36.3. The van der Waals surface area contributed by atoms with Crippen LogP contribution in [0.15, 0.2) is 75.7 Å². The third-order valence-corrected chi connectivity index (χ3v) is 6.83. The van der Waals surface area contributed by atoms with Gasteiger partial charge in [-0.3, -0.25) is 14.8 Å². The van der Waals surface area contributed by atoms with Crippen LogP contribution in [0.5, 0.6) is 11.5 Å². The van der Waals surface area contributed by atoms with E-state index in [9.17, 15) is 13.2 Å². The molecule has 3 aromatic rings. The molecule has 1 N–H and O–H groups in total. The zero-order valence-electron chi connectivity index (χ0n) is 16.2. The van der Waals surface area contributed by atoms with Crippen LogP contribution in [0.4, 0.5) is 0 Å². The molecule has 156 valence electrons. The molecule has 0 radical (unpaired) electrons. The van der Waals surface area contributed by atoms with Crippen LogP contribution < -0.4 is 25.4 Å². The van der Waals surface area contributed by atoms with Crippen molar-refractivity contribution in [2.45, 2.75) is 22.4 Å². The van der Waals surface area contributed by atoms with Crippen LogP contribution in [-0.4, -0.2) is 32.1 Å². The number of rotatable bonds is 5. The van der Waals surface area contributed by atoms with Gasteiger partial charge in [0.15, 0.2) is 11.5 Å². The molecule has 0 saturated carbocycles. The van der Waals surface area contributed by atoms with Gasteiger partial charge in [-0.25, -0.2) is 8.42 Å². The van der Waals surface area contributed by atoms with E-state index >= 15 is 0 Å². The summed E-state index contributed by atoms with van der Waals surface area (Å²) in [5.74, 6) is 0.705. The molecule has 0 aliphatic carbocycles. The Morgan fingerprint density at radius 1 is 1.03 bits per heavy atom. The van der Waals surface area contributed by atoms with Gasteiger partial charge in [0.2, 0.25) is 22.5 Å². The second-order valence-electron chi connectivity index (χ2n) is 7.06. The van der Waals surface area contributed by atoms with Crippen molar-refractivity contribution in [3.05, 3.63) is 77.1 Å². The average molecular weight is 435 g/mol. The molecule has 0 spiro atoms. The van der Waals surface area contributed by atoms with Crippen LogP contribution >= 0.6 is 0 Å². The summed E-state index contributed by atoms with van der Waals surface area (Å²) >= 11 is 0. The molecule has 0 fully saturated rings. The maximum Gasteiger partial charge on any atom is 0.249 e. The summed E-state index contributed by atoms with van der Waals surface area (Å²) in [4.78, 5) is 21.1. The lowest BCUT2D eigenvalue weighted by Gasteiger charge is -2.09. The van der Waals surface area contributed by atoms with E-state index in [0.717, 1.165) is 16.1 Å². The van der Waals surface area contributed by atoms with E-state index in [1.54, 1.807) is 42.7 Å². The molecule has 3 heterocycles. The minimum atomic E-state index is -3.70. The van der Waals surface area contributed by atoms with Crippen molar-refractivity contribution < 1.29 is 22.7 Å². The van der Waals surface area contributed by atoms with Crippen molar-refractivity contribution >= 4 is 21.8 Å². The first-order valence-corrected chi connectivity index (χ1v) is 11.0. The predicted octanol–water partition coefficient (Wildman–Crippen LogP) is 0.742. The number of nitrogens with zero attached hydrogens (tertiary/aromatic N) is 2. The largest absolute Gasteiger partial charge is 0.454 e. The summed E-state index contributed by atoms with van der Waals surface area (Å²) in [6.07, 6.45) is 5.07. The number of hydrogen-bond acceptors (Lipinski definition) is 7. The zero-order valence-corrected chi connectivity index (χ0v) is 17.0. The first-order valence-electron chi connectivity index (χ1n) is 9.52. The maximum atomic E-state index is 12.9. The van der Waals surface area contributed by atoms with Crippen LogP contribution in [0.2, 0.25) is 0 Å². The quantitative estimate of drug-likeness (QED) is 0.634. The summed E-state index contributed by atoms with van der Waals surface area (Å²) in [5.41, 5.74) is 0.773. The van der Waals surface area contributed by atoms with Gasteiger partial charge in [0, 0.05) is 30.2 Å². The van der Waals surface area contributed by atoms with E-state index in [2.05, 4.69) is 15.3 Å². The standard InChI is InChI=1S/C22H17N3O5S/c26-22(19-9-15-12-23-8-7-18(15)25-19)24-11-14-1-3-16(4-2-14)31(27,28)17-5-6-20-21(10-17)30-13-29-20/h1-10,12,19H,11,13H2,(H,24,26). The predicted molar refractivity (Wildman–Crippen MR) is 110 cm³/mol. The Bertz CT molecular complexity index is 1370. The third-order valence-electron chi connectivity index (χ3n) is 5.07. The molecule has 2 aliphatic rings. The fraction of sp³-hybridized carbons (Fsp3) is 0.136. The van der Waals surface area contributed by atoms with Gasteiger partial charge >= 0.3 is 0 Å². The number of benzene rings is 2. The molecule has 2 aliphatic heterocycles. The second kappa shape index (κ2) is 7.51. The minimum Gasteiger partial charge on any atom is -0.454 e. The highest BCUT2D eigenvalue weighted by atomic mass is 32.2. The summed E-state index contributed by atoms with van der Waals surface area (Å²) in [6, 6.07) is 12.1. The van der Waals surface area contributed by atoms with Crippen molar-refractivity contribution in [3.63, 3.8) is 0 Å². The van der Waals surface area contributed by atoms with Crippen LogP contribution in [0.25, 0.3) is 6.08 Å². The number of ether oxygens (including phenoxy) is 2. The van der Waals surface area contributed by atoms with Crippen molar-refractivity contribution in [3.8, 4) is 11.5 Å².